The Balaban J connectivity index is 1.39. The van der Waals surface area contributed by atoms with Crippen molar-refractivity contribution < 1.29 is 4.79 Å². The van der Waals surface area contributed by atoms with Crippen molar-refractivity contribution >= 4 is 11.7 Å². The van der Waals surface area contributed by atoms with Crippen LogP contribution in [0.5, 0.6) is 0 Å². The number of amides is 2. The number of carbonyl (C=O) groups is 1. The number of nitrogens with one attached hydrogen (secondary N) is 1. The Morgan fingerprint density at radius 2 is 1.91 bits per heavy atom. The standard InChI is InChI=1S/C18H26N4O/c23-18(20-11-6-16-4-2-1-3-5-16)22-14-12-21(13-15-22)17-7-9-19-10-8-17/h4,7-10H,1-3,5-6,11-15H2,(H,20,23). The molecule has 1 aliphatic heterocycles. The Morgan fingerprint density at radius 3 is 2.61 bits per heavy atom. The molecule has 1 aliphatic carbocycles. The average Bonchev–Trinajstić information content (AvgIpc) is 2.63. The third kappa shape index (κ3) is 4.47. The minimum Gasteiger partial charge on any atom is -0.368 e. The Labute approximate surface area is 138 Å². The molecule has 3 rings (SSSR count). The summed E-state index contributed by atoms with van der Waals surface area (Å²) in [6.07, 6.45) is 12.0. The fourth-order valence-corrected chi connectivity index (χ4v) is 3.30. The number of hydrogen-bond acceptors (Lipinski definition) is 3. The predicted octanol–water partition coefficient (Wildman–Crippen LogP) is 2.80. The molecule has 0 unspecified atom stereocenters. The van der Waals surface area contributed by atoms with Crippen molar-refractivity contribution in [2.45, 2.75) is 32.1 Å². The topological polar surface area (TPSA) is 48.5 Å². The summed E-state index contributed by atoms with van der Waals surface area (Å²) in [6.45, 7) is 4.06. The predicted molar refractivity (Wildman–Crippen MR) is 92.6 cm³/mol. The van der Waals surface area contributed by atoms with Gasteiger partial charge in [-0.2, -0.15) is 0 Å². The molecule has 1 aromatic heterocycles. The molecule has 0 atom stereocenters. The first kappa shape index (κ1) is 15.8. The lowest BCUT2D eigenvalue weighted by molar-refractivity contribution is 0.194. The van der Waals surface area contributed by atoms with Gasteiger partial charge in [-0.15, -0.1) is 0 Å². The second kappa shape index (κ2) is 7.99. The largest absolute Gasteiger partial charge is 0.368 e. The van der Waals surface area contributed by atoms with Gasteiger partial charge in [-0.25, -0.2) is 4.79 Å². The van der Waals surface area contributed by atoms with Gasteiger partial charge in [0, 0.05) is 50.8 Å². The van der Waals surface area contributed by atoms with Gasteiger partial charge in [0.25, 0.3) is 0 Å². The van der Waals surface area contributed by atoms with E-state index in [1.54, 1.807) is 0 Å². The van der Waals surface area contributed by atoms with Crippen LogP contribution in [0.2, 0.25) is 0 Å². The third-order valence-electron chi connectivity index (χ3n) is 4.70. The fourth-order valence-electron chi connectivity index (χ4n) is 3.30. The van der Waals surface area contributed by atoms with Gasteiger partial charge in [-0.05, 0) is 44.2 Å². The zero-order valence-electron chi connectivity index (χ0n) is 13.7. The summed E-state index contributed by atoms with van der Waals surface area (Å²) in [6, 6.07) is 4.12. The van der Waals surface area contributed by atoms with E-state index in [2.05, 4.69) is 21.3 Å². The van der Waals surface area contributed by atoms with Gasteiger partial charge in [0.15, 0.2) is 0 Å². The molecule has 2 aliphatic rings. The molecule has 1 fully saturated rings. The minimum atomic E-state index is 0.0794. The van der Waals surface area contributed by atoms with Gasteiger partial charge >= 0.3 is 6.03 Å². The van der Waals surface area contributed by atoms with Crippen LogP contribution in [0, 0.1) is 0 Å². The number of hydrogen-bond donors (Lipinski definition) is 1. The Bertz CT molecular complexity index is 535. The van der Waals surface area contributed by atoms with Crippen molar-refractivity contribution in [3.05, 3.63) is 36.2 Å². The molecule has 0 saturated carbocycles. The fraction of sp³-hybridized carbons (Fsp3) is 0.556. The molecule has 23 heavy (non-hydrogen) atoms. The molecule has 0 bridgehead atoms. The van der Waals surface area contributed by atoms with E-state index < -0.39 is 0 Å². The number of urea groups is 1. The zero-order chi connectivity index (χ0) is 15.9. The summed E-state index contributed by atoms with van der Waals surface area (Å²) in [5, 5.41) is 3.07. The van der Waals surface area contributed by atoms with Gasteiger partial charge in [0.05, 0.1) is 0 Å². The van der Waals surface area contributed by atoms with E-state index in [1.165, 1.54) is 36.9 Å². The molecule has 1 aromatic rings. The summed E-state index contributed by atoms with van der Waals surface area (Å²) in [5.74, 6) is 0. The Morgan fingerprint density at radius 1 is 1.13 bits per heavy atom. The molecule has 0 aromatic carbocycles. The Hall–Kier alpha value is -2.04. The van der Waals surface area contributed by atoms with Crippen molar-refractivity contribution in [3.63, 3.8) is 0 Å². The van der Waals surface area contributed by atoms with Gasteiger partial charge < -0.3 is 15.1 Å². The molecule has 5 nitrogen and oxygen atoms in total. The van der Waals surface area contributed by atoms with Crippen LogP contribution in [0.15, 0.2) is 36.2 Å². The lowest BCUT2D eigenvalue weighted by atomic mass is 9.97. The first-order valence-corrected chi connectivity index (χ1v) is 8.68. The number of allylic oxidation sites excluding steroid dienone is 1. The maximum atomic E-state index is 12.2. The first-order valence-electron chi connectivity index (χ1n) is 8.68. The molecule has 0 spiro atoms. The molecular formula is C18H26N4O. The van der Waals surface area contributed by atoms with Crippen molar-refractivity contribution in [1.82, 2.24) is 15.2 Å². The minimum absolute atomic E-state index is 0.0794. The van der Waals surface area contributed by atoms with Crippen molar-refractivity contribution in [1.29, 1.82) is 0 Å². The summed E-state index contributed by atoms with van der Waals surface area (Å²) >= 11 is 0. The van der Waals surface area contributed by atoms with Crippen LogP contribution in [0.3, 0.4) is 0 Å². The number of carbonyl (C=O) groups excluding carboxylic acids is 1. The van der Waals surface area contributed by atoms with Gasteiger partial charge in [0.1, 0.15) is 0 Å². The highest BCUT2D eigenvalue weighted by molar-refractivity contribution is 5.74. The maximum absolute atomic E-state index is 12.2. The molecule has 2 heterocycles. The SMILES string of the molecule is O=C(NCCC1=CCCCC1)N1CCN(c2ccncc2)CC1. The molecule has 124 valence electrons. The van der Waals surface area contributed by atoms with Crippen LogP contribution >= 0.6 is 0 Å². The van der Waals surface area contributed by atoms with Crippen LogP contribution in [0.4, 0.5) is 10.5 Å². The summed E-state index contributed by atoms with van der Waals surface area (Å²) in [5.41, 5.74) is 2.70. The van der Waals surface area contributed by atoms with E-state index in [9.17, 15) is 4.79 Å². The molecule has 1 saturated heterocycles. The van der Waals surface area contributed by atoms with Crippen LogP contribution in [0.25, 0.3) is 0 Å². The maximum Gasteiger partial charge on any atom is 0.317 e. The smallest absolute Gasteiger partial charge is 0.317 e. The van der Waals surface area contributed by atoms with E-state index in [1.807, 2.05) is 29.4 Å². The van der Waals surface area contributed by atoms with E-state index >= 15 is 0 Å². The van der Waals surface area contributed by atoms with E-state index in [-0.39, 0.29) is 6.03 Å². The highest BCUT2D eigenvalue weighted by Gasteiger charge is 2.20. The third-order valence-corrected chi connectivity index (χ3v) is 4.70. The van der Waals surface area contributed by atoms with E-state index in [0.717, 1.165) is 39.1 Å². The lowest BCUT2D eigenvalue weighted by Gasteiger charge is -2.36. The normalized spacial score (nSPS) is 18.5. The summed E-state index contributed by atoms with van der Waals surface area (Å²) < 4.78 is 0. The van der Waals surface area contributed by atoms with Crippen LogP contribution in [-0.2, 0) is 0 Å². The Kier molecular flexibility index (Phi) is 5.51. The number of rotatable bonds is 4. The lowest BCUT2D eigenvalue weighted by Crippen LogP contribution is -2.52. The molecule has 2 amide bonds. The number of piperazine rings is 1. The molecule has 5 heteroatoms. The first-order chi connectivity index (χ1) is 11.3. The second-order valence-electron chi connectivity index (χ2n) is 6.27. The number of pyridine rings is 1. The highest BCUT2D eigenvalue weighted by atomic mass is 16.2. The average molecular weight is 314 g/mol. The van der Waals surface area contributed by atoms with Crippen molar-refractivity contribution in [2.24, 2.45) is 0 Å². The summed E-state index contributed by atoms with van der Waals surface area (Å²) in [7, 11) is 0. The van der Waals surface area contributed by atoms with Gasteiger partial charge in [-0.3, -0.25) is 4.98 Å². The highest BCUT2D eigenvalue weighted by Crippen LogP contribution is 2.19. The quantitative estimate of drug-likeness (QED) is 0.869. The second-order valence-corrected chi connectivity index (χ2v) is 6.27. The monoisotopic (exact) mass is 314 g/mol. The van der Waals surface area contributed by atoms with Crippen LogP contribution < -0.4 is 10.2 Å². The molecule has 0 radical (unpaired) electrons. The van der Waals surface area contributed by atoms with E-state index in [0.29, 0.717) is 0 Å². The van der Waals surface area contributed by atoms with Gasteiger partial charge in [0.2, 0.25) is 0 Å². The van der Waals surface area contributed by atoms with Crippen LogP contribution in [0.1, 0.15) is 32.1 Å². The van der Waals surface area contributed by atoms with Gasteiger partial charge in [-0.1, -0.05) is 11.6 Å². The van der Waals surface area contributed by atoms with Crippen molar-refractivity contribution in [3.8, 4) is 0 Å². The number of anilines is 1. The van der Waals surface area contributed by atoms with Crippen LogP contribution in [-0.4, -0.2) is 48.6 Å². The number of aromatic nitrogens is 1. The molecular weight excluding hydrogens is 288 g/mol. The molecule has 1 N–H and O–H groups in total. The zero-order valence-corrected chi connectivity index (χ0v) is 13.7. The van der Waals surface area contributed by atoms with Crippen molar-refractivity contribution in [2.75, 3.05) is 37.6 Å². The van der Waals surface area contributed by atoms with E-state index in [4.69, 9.17) is 0 Å². The number of nitrogens with zero attached hydrogens (tertiary/aromatic N) is 3. The summed E-state index contributed by atoms with van der Waals surface area (Å²) in [4.78, 5) is 20.5.